The fraction of sp³-hybridized carbons (Fsp3) is 0.522. The molecule has 0 N–H and O–H groups in total. The molecule has 0 fully saturated rings. The van der Waals surface area contributed by atoms with Crippen LogP contribution in [-0.2, 0) is 10.8 Å². The van der Waals surface area contributed by atoms with Gasteiger partial charge in [0.15, 0.2) is 0 Å². The van der Waals surface area contributed by atoms with Gasteiger partial charge < -0.3 is 4.90 Å². The first-order valence-electron chi connectivity index (χ1n) is 9.91. The summed E-state index contributed by atoms with van der Waals surface area (Å²) in [6, 6.07) is 7.45. The largest absolute Gasteiger partial charge is 0.331 e. The minimum absolute atomic E-state index is 0.179. The van der Waals surface area contributed by atoms with E-state index >= 15 is 0 Å². The molecule has 1 aliphatic rings. The Labute approximate surface area is 171 Å². The van der Waals surface area contributed by atoms with E-state index in [4.69, 9.17) is 0 Å². The molecule has 0 bridgehead atoms. The van der Waals surface area contributed by atoms with E-state index in [1.54, 1.807) is 12.1 Å². The summed E-state index contributed by atoms with van der Waals surface area (Å²) in [5.41, 5.74) is 4.58. The molecule has 0 saturated carbocycles. The first-order chi connectivity index (χ1) is 13.0. The van der Waals surface area contributed by atoms with E-state index in [1.165, 1.54) is 33.8 Å². The van der Waals surface area contributed by atoms with E-state index < -0.39 is 5.91 Å². The van der Waals surface area contributed by atoms with E-state index in [1.807, 2.05) is 23.5 Å². The number of anilines is 2. The van der Waals surface area contributed by atoms with Gasteiger partial charge >= 0.3 is 5.91 Å². The summed E-state index contributed by atoms with van der Waals surface area (Å²) in [5.74, 6) is -0.728. The minimum Gasteiger partial charge on any atom is -0.331 e. The van der Waals surface area contributed by atoms with Gasteiger partial charge in [-0.3, -0.25) is 4.79 Å². The van der Waals surface area contributed by atoms with Crippen molar-refractivity contribution >= 4 is 27.9 Å². The van der Waals surface area contributed by atoms with Gasteiger partial charge in [-0.05, 0) is 79.8 Å². The van der Waals surface area contributed by atoms with Gasteiger partial charge in [-0.2, -0.15) is 0 Å². The van der Waals surface area contributed by atoms with Crippen LogP contribution in [0, 0.1) is 11.8 Å². The number of hydrogen-bond donors (Lipinski definition) is 0. The average Bonchev–Trinajstić information content (AvgIpc) is 2.98. The third-order valence-corrected chi connectivity index (χ3v) is 7.66. The SMILES string of the molecule is Cc1c(N(c2ccc(C(=O)N=O)cc2)C(C)C)sc2c1C(C)(C)CCC2(C)C. The predicted octanol–water partition coefficient (Wildman–Crippen LogP) is 6.86. The van der Waals surface area contributed by atoms with Crippen LogP contribution in [-0.4, -0.2) is 11.9 Å². The lowest BCUT2D eigenvalue weighted by Gasteiger charge is -2.39. The van der Waals surface area contributed by atoms with E-state index in [2.05, 4.69) is 58.5 Å². The van der Waals surface area contributed by atoms with Crippen LogP contribution in [0.3, 0.4) is 0 Å². The zero-order valence-corrected chi connectivity index (χ0v) is 18.7. The van der Waals surface area contributed by atoms with Crippen molar-refractivity contribution in [2.24, 2.45) is 5.18 Å². The van der Waals surface area contributed by atoms with Crippen LogP contribution >= 0.6 is 11.3 Å². The van der Waals surface area contributed by atoms with Gasteiger partial charge in [0.2, 0.25) is 0 Å². The summed E-state index contributed by atoms with van der Waals surface area (Å²) in [7, 11) is 0. The molecule has 150 valence electrons. The van der Waals surface area contributed by atoms with Crippen LogP contribution in [0.5, 0.6) is 0 Å². The van der Waals surface area contributed by atoms with E-state index in [0.717, 1.165) is 5.69 Å². The quantitative estimate of drug-likeness (QED) is 0.529. The van der Waals surface area contributed by atoms with Crippen molar-refractivity contribution in [1.29, 1.82) is 0 Å². The van der Waals surface area contributed by atoms with Crippen LogP contribution < -0.4 is 4.90 Å². The lowest BCUT2D eigenvalue weighted by atomic mass is 9.66. The first kappa shape index (κ1) is 20.7. The van der Waals surface area contributed by atoms with Crippen LogP contribution in [0.15, 0.2) is 29.4 Å². The van der Waals surface area contributed by atoms with Crippen molar-refractivity contribution < 1.29 is 4.79 Å². The van der Waals surface area contributed by atoms with Crippen molar-refractivity contribution in [3.05, 3.63) is 50.7 Å². The average molecular weight is 399 g/mol. The Morgan fingerprint density at radius 3 is 2.14 bits per heavy atom. The van der Waals surface area contributed by atoms with Crippen LogP contribution in [0.4, 0.5) is 10.7 Å². The Morgan fingerprint density at radius 1 is 1.07 bits per heavy atom. The molecule has 3 rings (SSSR count). The maximum absolute atomic E-state index is 11.5. The summed E-state index contributed by atoms with van der Waals surface area (Å²) in [6.45, 7) is 16.0. The third-order valence-electron chi connectivity index (χ3n) is 6.00. The van der Waals surface area contributed by atoms with Crippen molar-refractivity contribution in [3.63, 3.8) is 0 Å². The van der Waals surface area contributed by atoms with Crippen molar-refractivity contribution in [2.75, 3.05) is 4.90 Å². The normalized spacial score (nSPS) is 17.3. The second-order valence-electron chi connectivity index (χ2n) is 9.41. The first-order valence-corrected chi connectivity index (χ1v) is 10.7. The van der Waals surface area contributed by atoms with Crippen LogP contribution in [0.1, 0.15) is 80.7 Å². The molecule has 4 nitrogen and oxygen atoms in total. The van der Waals surface area contributed by atoms with E-state index in [-0.39, 0.29) is 16.9 Å². The van der Waals surface area contributed by atoms with Gasteiger partial charge in [0.25, 0.3) is 0 Å². The smallest absolute Gasteiger partial charge is 0.316 e. The Kier molecular flexibility index (Phi) is 5.26. The van der Waals surface area contributed by atoms with E-state index in [0.29, 0.717) is 5.56 Å². The molecule has 1 amide bonds. The highest BCUT2D eigenvalue weighted by Crippen LogP contribution is 2.54. The summed E-state index contributed by atoms with van der Waals surface area (Å²) < 4.78 is 0. The van der Waals surface area contributed by atoms with Crippen molar-refractivity contribution in [1.82, 2.24) is 0 Å². The number of hydrogen-bond acceptors (Lipinski definition) is 4. The van der Waals surface area contributed by atoms with E-state index in [9.17, 15) is 9.70 Å². The van der Waals surface area contributed by atoms with Gasteiger partial charge in [0, 0.05) is 27.3 Å². The number of benzene rings is 1. The Morgan fingerprint density at radius 2 is 1.64 bits per heavy atom. The van der Waals surface area contributed by atoms with Crippen molar-refractivity contribution in [2.45, 2.75) is 78.2 Å². The summed E-state index contributed by atoms with van der Waals surface area (Å²) in [4.78, 5) is 25.9. The molecule has 1 heterocycles. The number of fused-ring (bicyclic) bond motifs is 1. The third kappa shape index (κ3) is 3.41. The molecule has 2 aromatic rings. The van der Waals surface area contributed by atoms with Gasteiger partial charge in [0.05, 0.1) is 5.00 Å². The molecule has 28 heavy (non-hydrogen) atoms. The van der Waals surface area contributed by atoms with Crippen LogP contribution in [0.2, 0.25) is 0 Å². The fourth-order valence-electron chi connectivity index (χ4n) is 4.35. The zero-order chi connectivity index (χ0) is 20.9. The molecule has 0 radical (unpaired) electrons. The summed E-state index contributed by atoms with van der Waals surface area (Å²) in [5, 5.41) is 3.79. The molecule has 0 spiro atoms. The molecular weight excluding hydrogens is 368 g/mol. The number of nitrogens with zero attached hydrogens (tertiary/aromatic N) is 2. The van der Waals surface area contributed by atoms with Crippen molar-refractivity contribution in [3.8, 4) is 0 Å². The minimum atomic E-state index is -0.728. The molecular formula is C23H30N2O2S. The Hall–Kier alpha value is -2.01. The van der Waals surface area contributed by atoms with Gasteiger partial charge in [-0.1, -0.05) is 27.7 Å². The number of amides is 1. The molecule has 0 saturated heterocycles. The Balaban J connectivity index is 2.13. The highest BCUT2D eigenvalue weighted by Gasteiger charge is 2.41. The molecule has 1 aliphatic carbocycles. The van der Waals surface area contributed by atoms with Gasteiger partial charge in [0.1, 0.15) is 0 Å². The summed E-state index contributed by atoms with van der Waals surface area (Å²) in [6.07, 6.45) is 2.39. The number of rotatable bonds is 4. The Bertz CT molecular complexity index is 907. The number of nitroso groups, excluding NO2 is 1. The molecule has 1 aromatic carbocycles. The second-order valence-corrected chi connectivity index (χ2v) is 10.4. The second kappa shape index (κ2) is 7.11. The summed E-state index contributed by atoms with van der Waals surface area (Å²) >= 11 is 1.91. The lowest BCUT2D eigenvalue weighted by molar-refractivity contribution is 0.100. The monoisotopic (exact) mass is 398 g/mol. The molecule has 1 aromatic heterocycles. The standard InChI is InChI=1S/C23H30N2O2S/c1-14(2)25(17-10-8-16(9-11-17)20(26)24-27)21-15(3)18-19(28-21)23(6,7)13-12-22(18,4)5/h8-11,14H,12-13H2,1-7H3. The lowest BCUT2D eigenvalue weighted by Crippen LogP contribution is -2.32. The maximum Gasteiger partial charge on any atom is 0.316 e. The van der Waals surface area contributed by atoms with Gasteiger partial charge in [-0.25, -0.2) is 0 Å². The fourth-order valence-corrected chi connectivity index (χ4v) is 6.13. The van der Waals surface area contributed by atoms with Crippen LogP contribution in [0.25, 0.3) is 0 Å². The van der Waals surface area contributed by atoms with Gasteiger partial charge in [-0.15, -0.1) is 16.2 Å². The number of carbonyl (C=O) groups excluding carboxylic acids is 1. The molecule has 0 aliphatic heterocycles. The topological polar surface area (TPSA) is 49.7 Å². The number of thiophene rings is 1. The number of carbonyl (C=O) groups is 1. The molecule has 0 unspecified atom stereocenters. The zero-order valence-electron chi connectivity index (χ0n) is 17.9. The molecule has 5 heteroatoms. The predicted molar refractivity (Wildman–Crippen MR) is 118 cm³/mol. The molecule has 0 atom stereocenters. The highest BCUT2D eigenvalue weighted by molar-refractivity contribution is 7.16. The maximum atomic E-state index is 11.5. The highest BCUT2D eigenvalue weighted by atomic mass is 32.1.